The maximum absolute atomic E-state index is 12.0. The number of hydrogen-bond donors (Lipinski definition) is 2. The molecule has 4 atom stereocenters. The lowest BCUT2D eigenvalue weighted by Crippen LogP contribution is -2.56. The van der Waals surface area contributed by atoms with Crippen LogP contribution in [0.4, 0.5) is 0 Å². The van der Waals surface area contributed by atoms with Gasteiger partial charge in [0.15, 0.2) is 0 Å². The average molecular weight is 281 g/mol. The molecule has 0 bridgehead atoms. The van der Waals surface area contributed by atoms with Gasteiger partial charge in [-0.05, 0) is 46.0 Å². The van der Waals surface area contributed by atoms with Crippen LogP contribution in [0.15, 0.2) is 0 Å². The number of nitrogens with zero attached hydrogens (tertiary/aromatic N) is 1. The lowest BCUT2D eigenvalue weighted by atomic mass is 9.95. The average Bonchev–Trinajstić information content (AvgIpc) is 3.04. The molecule has 2 unspecified atom stereocenters. The Morgan fingerprint density at radius 1 is 1.25 bits per heavy atom. The van der Waals surface area contributed by atoms with Crippen LogP contribution >= 0.6 is 0 Å². The molecule has 5 nitrogen and oxygen atoms in total. The van der Waals surface area contributed by atoms with Crippen LogP contribution in [0.2, 0.25) is 0 Å². The first-order valence-corrected chi connectivity index (χ1v) is 7.95. The van der Waals surface area contributed by atoms with E-state index in [0.717, 1.165) is 32.4 Å². The molecule has 3 fully saturated rings. The summed E-state index contributed by atoms with van der Waals surface area (Å²) in [7, 11) is 0. The van der Waals surface area contributed by atoms with Crippen molar-refractivity contribution in [2.24, 2.45) is 5.73 Å². The molecule has 0 spiro atoms. The Labute approximate surface area is 121 Å². The summed E-state index contributed by atoms with van der Waals surface area (Å²) in [5.41, 5.74) is 5.25. The Bertz CT molecular complexity index is 375. The molecule has 1 saturated heterocycles. The van der Waals surface area contributed by atoms with Gasteiger partial charge in [0.2, 0.25) is 5.91 Å². The van der Waals surface area contributed by atoms with Crippen molar-refractivity contribution in [1.29, 1.82) is 0 Å². The fraction of sp³-hybridized carbons (Fsp3) is 0.933. The van der Waals surface area contributed by atoms with Gasteiger partial charge < -0.3 is 15.8 Å². The van der Waals surface area contributed by atoms with E-state index < -0.39 is 5.54 Å². The fourth-order valence-corrected chi connectivity index (χ4v) is 3.89. The zero-order valence-corrected chi connectivity index (χ0v) is 12.6. The summed E-state index contributed by atoms with van der Waals surface area (Å²) in [5, 5.41) is 3.52. The Morgan fingerprint density at radius 3 is 2.45 bits per heavy atom. The van der Waals surface area contributed by atoms with Crippen LogP contribution in [-0.2, 0) is 9.53 Å². The van der Waals surface area contributed by atoms with Crippen molar-refractivity contribution in [3.63, 3.8) is 0 Å². The number of ether oxygens (including phenoxy) is 1. The second-order valence-corrected chi connectivity index (χ2v) is 6.97. The van der Waals surface area contributed by atoms with Crippen molar-refractivity contribution in [3.8, 4) is 0 Å². The van der Waals surface area contributed by atoms with Crippen LogP contribution in [-0.4, -0.2) is 53.7 Å². The number of carbonyl (C=O) groups is 1. The van der Waals surface area contributed by atoms with E-state index in [-0.39, 0.29) is 18.1 Å². The molecule has 2 aliphatic carbocycles. The zero-order valence-electron chi connectivity index (χ0n) is 12.6. The Kier molecular flexibility index (Phi) is 3.77. The molecule has 0 aromatic rings. The van der Waals surface area contributed by atoms with Gasteiger partial charge in [0.1, 0.15) is 0 Å². The quantitative estimate of drug-likeness (QED) is 0.793. The maximum atomic E-state index is 12.0. The maximum Gasteiger partial charge on any atom is 0.237 e. The number of nitrogens with two attached hydrogens (primary N) is 1. The molecule has 114 valence electrons. The fourth-order valence-electron chi connectivity index (χ4n) is 3.89. The minimum absolute atomic E-state index is 0.166. The predicted octanol–water partition coefficient (Wildman–Crippen LogP) is 0.624. The van der Waals surface area contributed by atoms with E-state index in [1.807, 2.05) is 0 Å². The third kappa shape index (κ3) is 2.85. The van der Waals surface area contributed by atoms with E-state index in [9.17, 15) is 4.79 Å². The number of carbonyl (C=O) groups excluding carboxylic acids is 1. The molecule has 0 radical (unpaired) electrons. The number of morpholine rings is 1. The summed E-state index contributed by atoms with van der Waals surface area (Å²) < 4.78 is 5.80. The van der Waals surface area contributed by atoms with E-state index >= 15 is 0 Å². The second kappa shape index (κ2) is 5.28. The predicted molar refractivity (Wildman–Crippen MR) is 77.3 cm³/mol. The van der Waals surface area contributed by atoms with Crippen molar-refractivity contribution >= 4 is 5.91 Å². The van der Waals surface area contributed by atoms with E-state index in [0.29, 0.717) is 12.1 Å². The Morgan fingerprint density at radius 2 is 1.90 bits per heavy atom. The minimum Gasteiger partial charge on any atom is -0.373 e. The van der Waals surface area contributed by atoms with Gasteiger partial charge in [-0.1, -0.05) is 0 Å². The Balaban J connectivity index is 1.66. The number of nitrogens with one attached hydrogen (secondary N) is 1. The molecule has 20 heavy (non-hydrogen) atoms. The molecule has 2 saturated carbocycles. The summed E-state index contributed by atoms with van der Waals surface area (Å²) in [6, 6.07) is 0.978. The van der Waals surface area contributed by atoms with Gasteiger partial charge in [-0.15, -0.1) is 0 Å². The van der Waals surface area contributed by atoms with Gasteiger partial charge >= 0.3 is 0 Å². The van der Waals surface area contributed by atoms with Gasteiger partial charge in [0.25, 0.3) is 0 Å². The van der Waals surface area contributed by atoms with E-state index in [4.69, 9.17) is 10.5 Å². The first kappa shape index (κ1) is 14.3. The number of rotatable bonds is 4. The van der Waals surface area contributed by atoms with Gasteiger partial charge in [-0.25, -0.2) is 0 Å². The molecule has 0 aromatic heterocycles. The molecule has 5 heteroatoms. The standard InChI is InChI=1S/C15H27N3O2/c1-10-8-18(9-11(2)20-10)13-5-6-15(7-13,14(16)19)17-12-3-4-12/h10-13,17H,3-9H2,1-2H3,(H2,16,19)/t10-,11+,13?,15?. The summed E-state index contributed by atoms with van der Waals surface area (Å²) in [6.45, 7) is 6.18. The topological polar surface area (TPSA) is 67.6 Å². The second-order valence-electron chi connectivity index (χ2n) is 6.97. The smallest absolute Gasteiger partial charge is 0.237 e. The number of hydrogen-bond acceptors (Lipinski definition) is 4. The highest BCUT2D eigenvalue weighted by molar-refractivity contribution is 5.85. The van der Waals surface area contributed by atoms with Crippen molar-refractivity contribution < 1.29 is 9.53 Å². The first-order chi connectivity index (χ1) is 9.48. The molecule has 1 aliphatic heterocycles. The van der Waals surface area contributed by atoms with E-state index in [1.54, 1.807) is 0 Å². The molecular formula is C15H27N3O2. The third-order valence-electron chi connectivity index (χ3n) is 4.98. The van der Waals surface area contributed by atoms with Crippen molar-refractivity contribution in [3.05, 3.63) is 0 Å². The van der Waals surface area contributed by atoms with Crippen LogP contribution < -0.4 is 11.1 Å². The lowest BCUT2D eigenvalue weighted by molar-refractivity contribution is -0.124. The minimum atomic E-state index is -0.462. The number of primary amides is 1. The molecule has 3 aliphatic rings. The van der Waals surface area contributed by atoms with E-state index in [2.05, 4.69) is 24.1 Å². The first-order valence-electron chi connectivity index (χ1n) is 7.95. The largest absolute Gasteiger partial charge is 0.373 e. The molecule has 0 aromatic carbocycles. The summed E-state index contributed by atoms with van der Waals surface area (Å²) >= 11 is 0. The van der Waals surface area contributed by atoms with Gasteiger partial charge in [0.05, 0.1) is 17.7 Å². The lowest BCUT2D eigenvalue weighted by Gasteiger charge is -2.39. The van der Waals surface area contributed by atoms with E-state index in [1.165, 1.54) is 12.8 Å². The molecule has 1 heterocycles. The highest BCUT2D eigenvalue weighted by Crippen LogP contribution is 2.37. The summed E-state index contributed by atoms with van der Waals surface area (Å²) in [4.78, 5) is 14.5. The highest BCUT2D eigenvalue weighted by Gasteiger charge is 2.48. The van der Waals surface area contributed by atoms with Crippen molar-refractivity contribution in [1.82, 2.24) is 10.2 Å². The Hall–Kier alpha value is -0.650. The van der Waals surface area contributed by atoms with Gasteiger partial charge in [-0.3, -0.25) is 9.69 Å². The van der Waals surface area contributed by atoms with Gasteiger partial charge in [0, 0.05) is 25.2 Å². The van der Waals surface area contributed by atoms with Gasteiger partial charge in [-0.2, -0.15) is 0 Å². The van der Waals surface area contributed by atoms with Crippen molar-refractivity contribution in [2.45, 2.75) is 75.8 Å². The van der Waals surface area contributed by atoms with Crippen LogP contribution in [0.3, 0.4) is 0 Å². The third-order valence-corrected chi connectivity index (χ3v) is 4.98. The molecule has 1 amide bonds. The molecule has 3 rings (SSSR count). The SMILES string of the molecule is C[C@@H]1CN(C2CCC(NC3CC3)(C(N)=O)C2)C[C@H](C)O1. The molecule has 3 N–H and O–H groups in total. The zero-order chi connectivity index (χ0) is 14.3. The summed E-state index contributed by atoms with van der Waals surface area (Å²) in [5.74, 6) is -0.166. The van der Waals surface area contributed by atoms with Crippen LogP contribution in [0, 0.1) is 0 Å². The monoisotopic (exact) mass is 281 g/mol. The van der Waals surface area contributed by atoms with Crippen molar-refractivity contribution in [2.75, 3.05) is 13.1 Å². The highest BCUT2D eigenvalue weighted by atomic mass is 16.5. The molecular weight excluding hydrogens is 254 g/mol. The van der Waals surface area contributed by atoms with Crippen LogP contribution in [0.25, 0.3) is 0 Å². The summed E-state index contributed by atoms with van der Waals surface area (Å²) in [6.07, 6.45) is 5.72. The normalized spacial score (nSPS) is 42.8. The van der Waals surface area contributed by atoms with Crippen LogP contribution in [0.5, 0.6) is 0 Å². The van der Waals surface area contributed by atoms with Crippen LogP contribution in [0.1, 0.15) is 46.0 Å². The number of amides is 1.